The molecule has 1 aromatic carbocycles. The lowest BCUT2D eigenvalue weighted by Gasteiger charge is -2.34. The molecule has 0 radical (unpaired) electrons. The number of carbonyl (C=O) groups excluding carboxylic acids is 1. The van der Waals surface area contributed by atoms with Crippen molar-refractivity contribution in [3.63, 3.8) is 0 Å². The number of hydrogen-bond acceptors (Lipinski definition) is 2. The quantitative estimate of drug-likeness (QED) is 0.833. The lowest BCUT2D eigenvalue weighted by atomic mass is 9.96. The fourth-order valence-electron chi connectivity index (χ4n) is 3.43. The zero-order valence-electron chi connectivity index (χ0n) is 12.6. The minimum absolute atomic E-state index is 0.0339. The molecule has 3 N–H and O–H groups in total. The second-order valence-electron chi connectivity index (χ2n) is 6.29. The first-order chi connectivity index (χ1) is 10.9. The Morgan fingerprint density at radius 3 is 2.48 bits per heavy atom. The molecule has 0 saturated carbocycles. The third-order valence-corrected chi connectivity index (χ3v) is 4.84. The van der Waals surface area contributed by atoms with E-state index in [1.807, 2.05) is 24.3 Å². The van der Waals surface area contributed by atoms with Gasteiger partial charge in [-0.3, -0.25) is 0 Å². The van der Waals surface area contributed by atoms with Gasteiger partial charge >= 0.3 is 12.2 Å². The van der Waals surface area contributed by atoms with Gasteiger partial charge in [0.2, 0.25) is 0 Å². The highest BCUT2D eigenvalue weighted by atomic mass is 19.4. The van der Waals surface area contributed by atoms with E-state index in [1.54, 1.807) is 0 Å². The van der Waals surface area contributed by atoms with Crippen LogP contribution in [0.4, 0.5) is 18.0 Å². The average molecular weight is 327 g/mol. The Morgan fingerprint density at radius 1 is 1.22 bits per heavy atom. The van der Waals surface area contributed by atoms with Crippen molar-refractivity contribution in [1.82, 2.24) is 10.2 Å². The van der Waals surface area contributed by atoms with Crippen LogP contribution < -0.4 is 11.1 Å². The minimum Gasteiger partial charge on any atom is -0.333 e. The first-order valence-electron chi connectivity index (χ1n) is 7.82. The Morgan fingerprint density at radius 2 is 1.87 bits per heavy atom. The van der Waals surface area contributed by atoms with E-state index in [-0.39, 0.29) is 44.0 Å². The molecule has 1 saturated heterocycles. The standard InChI is InChI=1S/C16H20F3N3O/c17-16(18,19)11-5-7-22(8-6-11)15(23)21-13-9-10-3-1-2-4-12(10)14(13)20/h1-4,11,13-14H,5-9,20H2,(H,21,23)/t13-,14-/m1/s1. The maximum absolute atomic E-state index is 12.7. The van der Waals surface area contributed by atoms with Gasteiger partial charge in [-0.2, -0.15) is 13.2 Å². The van der Waals surface area contributed by atoms with Gasteiger partial charge < -0.3 is 16.0 Å². The number of nitrogens with two attached hydrogens (primary N) is 1. The molecule has 23 heavy (non-hydrogen) atoms. The van der Waals surface area contributed by atoms with Crippen LogP contribution in [0.1, 0.15) is 30.0 Å². The molecule has 3 rings (SSSR count). The van der Waals surface area contributed by atoms with Crippen molar-refractivity contribution < 1.29 is 18.0 Å². The Bertz CT molecular complexity index is 582. The summed E-state index contributed by atoms with van der Waals surface area (Å²) in [6.07, 6.45) is -3.58. The molecule has 2 amide bonds. The summed E-state index contributed by atoms with van der Waals surface area (Å²) in [5.74, 6) is -1.30. The smallest absolute Gasteiger partial charge is 0.333 e. The number of halogens is 3. The number of nitrogens with zero attached hydrogens (tertiary/aromatic N) is 1. The van der Waals surface area contributed by atoms with Gasteiger partial charge in [-0.25, -0.2) is 4.79 Å². The predicted octanol–water partition coefficient (Wildman–Crippen LogP) is 2.60. The zero-order chi connectivity index (χ0) is 16.6. The number of urea groups is 1. The van der Waals surface area contributed by atoms with Gasteiger partial charge in [0.1, 0.15) is 0 Å². The molecule has 0 bridgehead atoms. The highest BCUT2D eigenvalue weighted by Crippen LogP contribution is 2.34. The summed E-state index contributed by atoms with van der Waals surface area (Å²) in [6, 6.07) is 6.96. The molecule has 1 aliphatic heterocycles. The molecule has 0 spiro atoms. The van der Waals surface area contributed by atoms with Crippen LogP contribution in [0.5, 0.6) is 0 Å². The second-order valence-corrected chi connectivity index (χ2v) is 6.29. The average Bonchev–Trinajstić information content (AvgIpc) is 2.83. The van der Waals surface area contributed by atoms with Crippen molar-refractivity contribution in [2.75, 3.05) is 13.1 Å². The van der Waals surface area contributed by atoms with Crippen LogP contribution in [-0.4, -0.2) is 36.2 Å². The van der Waals surface area contributed by atoms with E-state index in [9.17, 15) is 18.0 Å². The summed E-state index contributed by atoms with van der Waals surface area (Å²) in [4.78, 5) is 13.7. The lowest BCUT2D eigenvalue weighted by Crippen LogP contribution is -2.51. The molecule has 4 nitrogen and oxygen atoms in total. The molecule has 2 atom stereocenters. The van der Waals surface area contributed by atoms with Gasteiger partial charge in [-0.1, -0.05) is 24.3 Å². The van der Waals surface area contributed by atoms with Crippen LogP contribution in [0.25, 0.3) is 0 Å². The van der Waals surface area contributed by atoms with Crippen molar-refractivity contribution in [2.45, 2.75) is 37.5 Å². The summed E-state index contributed by atoms with van der Waals surface area (Å²) in [6.45, 7) is 0.260. The minimum atomic E-state index is -4.17. The van der Waals surface area contributed by atoms with E-state index in [1.165, 1.54) is 4.90 Å². The first-order valence-corrected chi connectivity index (χ1v) is 7.82. The number of rotatable bonds is 1. The molecule has 2 aliphatic rings. The molecule has 1 heterocycles. The normalized spacial score (nSPS) is 25.3. The Balaban J connectivity index is 1.55. The van der Waals surface area contributed by atoms with Gasteiger partial charge in [0.25, 0.3) is 0 Å². The molecular weight excluding hydrogens is 307 g/mol. The van der Waals surface area contributed by atoms with Crippen molar-refractivity contribution in [3.8, 4) is 0 Å². The number of piperidine rings is 1. The van der Waals surface area contributed by atoms with Crippen LogP contribution >= 0.6 is 0 Å². The number of nitrogens with one attached hydrogen (secondary N) is 1. The van der Waals surface area contributed by atoms with Crippen molar-refractivity contribution in [3.05, 3.63) is 35.4 Å². The van der Waals surface area contributed by atoms with E-state index >= 15 is 0 Å². The van der Waals surface area contributed by atoms with Crippen LogP contribution in [0.15, 0.2) is 24.3 Å². The summed E-state index contributed by atoms with van der Waals surface area (Å²) < 4.78 is 38.0. The third-order valence-electron chi connectivity index (χ3n) is 4.84. The lowest BCUT2D eigenvalue weighted by molar-refractivity contribution is -0.183. The van der Waals surface area contributed by atoms with Gasteiger partial charge in [-0.05, 0) is 30.4 Å². The van der Waals surface area contributed by atoms with Crippen LogP contribution in [0, 0.1) is 5.92 Å². The maximum atomic E-state index is 12.7. The zero-order valence-corrected chi connectivity index (χ0v) is 12.6. The van der Waals surface area contributed by atoms with Gasteiger partial charge in [-0.15, -0.1) is 0 Å². The van der Waals surface area contributed by atoms with Gasteiger partial charge in [0.15, 0.2) is 0 Å². The monoisotopic (exact) mass is 327 g/mol. The van der Waals surface area contributed by atoms with Crippen molar-refractivity contribution in [1.29, 1.82) is 0 Å². The Labute approximate surface area is 132 Å². The van der Waals surface area contributed by atoms with Crippen molar-refractivity contribution >= 4 is 6.03 Å². The first kappa shape index (κ1) is 16.1. The number of alkyl halides is 3. The van der Waals surface area contributed by atoms with Gasteiger partial charge in [0.05, 0.1) is 18.0 Å². The molecule has 1 aromatic rings. The van der Waals surface area contributed by atoms with Crippen molar-refractivity contribution in [2.24, 2.45) is 11.7 Å². The Kier molecular flexibility index (Phi) is 4.23. The molecule has 0 aromatic heterocycles. The van der Waals surface area contributed by atoms with Crippen LogP contribution in [0.3, 0.4) is 0 Å². The van der Waals surface area contributed by atoms with E-state index in [2.05, 4.69) is 5.32 Å². The van der Waals surface area contributed by atoms with Gasteiger partial charge in [0, 0.05) is 13.1 Å². The van der Waals surface area contributed by atoms with E-state index < -0.39 is 12.1 Å². The number of hydrogen-bond donors (Lipinski definition) is 2. The molecule has 1 fully saturated rings. The summed E-state index contributed by atoms with van der Waals surface area (Å²) in [7, 11) is 0. The molecule has 1 aliphatic carbocycles. The van der Waals surface area contributed by atoms with Crippen LogP contribution in [0.2, 0.25) is 0 Å². The van der Waals surface area contributed by atoms with E-state index in [0.29, 0.717) is 6.42 Å². The van der Waals surface area contributed by atoms with Crippen LogP contribution in [-0.2, 0) is 6.42 Å². The number of benzene rings is 1. The highest BCUT2D eigenvalue weighted by Gasteiger charge is 2.42. The second kappa shape index (κ2) is 6.03. The fourth-order valence-corrected chi connectivity index (χ4v) is 3.43. The highest BCUT2D eigenvalue weighted by molar-refractivity contribution is 5.75. The summed E-state index contributed by atoms with van der Waals surface area (Å²) in [5, 5.41) is 2.88. The number of carbonyl (C=O) groups is 1. The molecule has 126 valence electrons. The SMILES string of the molecule is N[C@@H]1c2ccccc2C[C@H]1NC(=O)N1CCC(C(F)(F)F)CC1. The third kappa shape index (κ3) is 3.29. The number of likely N-dealkylation sites (tertiary alicyclic amines) is 1. The number of fused-ring (bicyclic) bond motifs is 1. The molecular formula is C16H20F3N3O. The largest absolute Gasteiger partial charge is 0.391 e. The Hall–Kier alpha value is -1.76. The predicted molar refractivity (Wildman–Crippen MR) is 79.7 cm³/mol. The summed E-state index contributed by atoms with van der Waals surface area (Å²) in [5.41, 5.74) is 8.30. The topological polar surface area (TPSA) is 58.4 Å². The van der Waals surface area contributed by atoms with E-state index in [0.717, 1.165) is 11.1 Å². The molecule has 0 unspecified atom stereocenters. The summed E-state index contributed by atoms with van der Waals surface area (Å²) >= 11 is 0. The van der Waals surface area contributed by atoms with E-state index in [4.69, 9.17) is 5.73 Å². The molecule has 7 heteroatoms. The fraction of sp³-hybridized carbons (Fsp3) is 0.562. The number of amides is 2. The maximum Gasteiger partial charge on any atom is 0.391 e.